The minimum atomic E-state index is 0.0468. The molecule has 0 atom stereocenters. The predicted octanol–water partition coefficient (Wildman–Crippen LogP) is 2.92. The Balaban J connectivity index is 1.54. The number of carbonyl (C=O) groups is 1. The van der Waals surface area contributed by atoms with Crippen LogP contribution in [0.3, 0.4) is 0 Å². The lowest BCUT2D eigenvalue weighted by atomic mass is 10.2. The van der Waals surface area contributed by atoms with Gasteiger partial charge in [0.1, 0.15) is 16.5 Å². The van der Waals surface area contributed by atoms with Crippen LogP contribution in [-0.2, 0) is 6.42 Å². The van der Waals surface area contributed by atoms with Crippen LogP contribution in [0.15, 0.2) is 30.6 Å². The van der Waals surface area contributed by atoms with Crippen molar-refractivity contribution in [2.24, 2.45) is 0 Å². The molecule has 1 aliphatic heterocycles. The van der Waals surface area contributed by atoms with Gasteiger partial charge in [-0.15, -0.1) is 11.3 Å². The molecule has 7 heteroatoms. The average molecular weight is 367 g/mol. The van der Waals surface area contributed by atoms with E-state index in [1.54, 1.807) is 29.8 Å². The van der Waals surface area contributed by atoms with Crippen LogP contribution in [0.2, 0.25) is 0 Å². The summed E-state index contributed by atoms with van der Waals surface area (Å²) in [5.74, 6) is 1.84. The molecule has 0 spiro atoms. The summed E-state index contributed by atoms with van der Waals surface area (Å²) < 4.78 is 0. The number of fused-ring (bicyclic) bond motifs is 1. The third-order valence-electron chi connectivity index (χ3n) is 4.66. The molecule has 1 aliphatic rings. The number of piperazine rings is 1. The van der Waals surface area contributed by atoms with Crippen LogP contribution in [0.5, 0.6) is 0 Å². The monoisotopic (exact) mass is 367 g/mol. The minimum absolute atomic E-state index is 0.0468. The van der Waals surface area contributed by atoms with E-state index in [9.17, 15) is 4.79 Å². The van der Waals surface area contributed by atoms with Crippen molar-refractivity contribution in [1.29, 1.82) is 0 Å². The van der Waals surface area contributed by atoms with Crippen molar-refractivity contribution in [3.8, 4) is 0 Å². The van der Waals surface area contributed by atoms with E-state index in [0.717, 1.165) is 41.4 Å². The molecule has 6 nitrogen and oxygen atoms in total. The van der Waals surface area contributed by atoms with Gasteiger partial charge < -0.3 is 9.80 Å². The topological polar surface area (TPSA) is 62.2 Å². The standard InChI is InChI=1S/C19H21N5OS/c1-3-15-11-16-17(21-13(2)22-18(16)26-15)23-7-9-24(10-8-23)19(25)14-5-4-6-20-12-14/h4-6,11-12H,3,7-10H2,1-2H3. The van der Waals surface area contributed by atoms with Crippen molar-refractivity contribution in [3.63, 3.8) is 0 Å². The molecule has 0 bridgehead atoms. The first-order valence-corrected chi connectivity index (χ1v) is 9.68. The van der Waals surface area contributed by atoms with Crippen LogP contribution in [-0.4, -0.2) is 51.9 Å². The van der Waals surface area contributed by atoms with Crippen LogP contribution in [0, 0.1) is 6.92 Å². The molecule has 3 aromatic heterocycles. The number of anilines is 1. The first kappa shape index (κ1) is 16.9. The molecule has 26 heavy (non-hydrogen) atoms. The first-order chi connectivity index (χ1) is 12.7. The minimum Gasteiger partial charge on any atom is -0.352 e. The normalized spacial score (nSPS) is 14.8. The number of thiophene rings is 1. The molecule has 134 valence electrons. The fourth-order valence-corrected chi connectivity index (χ4v) is 4.28. The molecule has 0 aliphatic carbocycles. The number of hydrogen-bond donors (Lipinski definition) is 0. The number of hydrogen-bond acceptors (Lipinski definition) is 6. The Bertz CT molecular complexity index is 932. The zero-order chi connectivity index (χ0) is 18.1. The van der Waals surface area contributed by atoms with Crippen LogP contribution in [0.25, 0.3) is 10.2 Å². The van der Waals surface area contributed by atoms with E-state index in [4.69, 9.17) is 4.98 Å². The number of amides is 1. The summed E-state index contributed by atoms with van der Waals surface area (Å²) in [7, 11) is 0. The van der Waals surface area contributed by atoms with Crippen LogP contribution < -0.4 is 4.90 Å². The van der Waals surface area contributed by atoms with Gasteiger partial charge in [0.25, 0.3) is 5.91 Å². The lowest BCUT2D eigenvalue weighted by Gasteiger charge is -2.35. The van der Waals surface area contributed by atoms with Gasteiger partial charge in [-0.3, -0.25) is 9.78 Å². The van der Waals surface area contributed by atoms with Gasteiger partial charge in [-0.05, 0) is 31.5 Å². The molecule has 3 aromatic rings. The van der Waals surface area contributed by atoms with Crippen LogP contribution in [0.4, 0.5) is 5.82 Å². The SMILES string of the molecule is CCc1cc2c(N3CCN(C(=O)c4cccnc4)CC3)nc(C)nc2s1. The molecular weight excluding hydrogens is 346 g/mol. The molecule has 1 saturated heterocycles. The third-order valence-corrected chi connectivity index (χ3v) is 5.83. The summed E-state index contributed by atoms with van der Waals surface area (Å²) in [5.41, 5.74) is 0.645. The number of pyridine rings is 1. The van der Waals surface area contributed by atoms with E-state index in [0.29, 0.717) is 18.7 Å². The Morgan fingerprint density at radius 1 is 1.23 bits per heavy atom. The molecule has 0 N–H and O–H groups in total. The Labute approximate surface area is 156 Å². The molecule has 4 rings (SSSR count). The Hall–Kier alpha value is -2.54. The highest BCUT2D eigenvalue weighted by molar-refractivity contribution is 7.18. The van der Waals surface area contributed by atoms with Gasteiger partial charge in [0, 0.05) is 43.4 Å². The lowest BCUT2D eigenvalue weighted by molar-refractivity contribution is 0.0746. The highest BCUT2D eigenvalue weighted by Gasteiger charge is 2.24. The maximum atomic E-state index is 12.6. The summed E-state index contributed by atoms with van der Waals surface area (Å²) >= 11 is 1.74. The fourth-order valence-electron chi connectivity index (χ4n) is 3.27. The van der Waals surface area contributed by atoms with Crippen molar-refractivity contribution in [2.75, 3.05) is 31.1 Å². The highest BCUT2D eigenvalue weighted by atomic mass is 32.1. The predicted molar refractivity (Wildman–Crippen MR) is 104 cm³/mol. The second kappa shape index (κ2) is 6.99. The number of carbonyl (C=O) groups excluding carboxylic acids is 1. The van der Waals surface area contributed by atoms with Crippen molar-refractivity contribution in [3.05, 3.63) is 46.9 Å². The molecule has 0 aromatic carbocycles. The maximum Gasteiger partial charge on any atom is 0.255 e. The molecule has 0 radical (unpaired) electrons. The summed E-state index contributed by atoms with van der Waals surface area (Å²) in [6.07, 6.45) is 4.32. The average Bonchev–Trinajstić information content (AvgIpc) is 3.10. The van der Waals surface area contributed by atoms with E-state index >= 15 is 0 Å². The number of nitrogens with zero attached hydrogens (tertiary/aromatic N) is 5. The molecule has 1 fully saturated rings. The van der Waals surface area contributed by atoms with Crippen molar-refractivity contribution >= 4 is 33.3 Å². The van der Waals surface area contributed by atoms with Gasteiger partial charge in [0.05, 0.1) is 10.9 Å². The van der Waals surface area contributed by atoms with Crippen molar-refractivity contribution in [1.82, 2.24) is 19.9 Å². The third kappa shape index (κ3) is 3.14. The van der Waals surface area contributed by atoms with Crippen LogP contribution in [0.1, 0.15) is 28.0 Å². The van der Waals surface area contributed by atoms with Gasteiger partial charge in [-0.25, -0.2) is 9.97 Å². The smallest absolute Gasteiger partial charge is 0.255 e. The Kier molecular flexibility index (Phi) is 4.55. The number of aryl methyl sites for hydroxylation is 2. The first-order valence-electron chi connectivity index (χ1n) is 8.87. The van der Waals surface area contributed by atoms with E-state index < -0.39 is 0 Å². The highest BCUT2D eigenvalue weighted by Crippen LogP contribution is 2.31. The largest absolute Gasteiger partial charge is 0.352 e. The van der Waals surface area contributed by atoms with Gasteiger partial charge in [-0.1, -0.05) is 6.92 Å². The van der Waals surface area contributed by atoms with Crippen molar-refractivity contribution < 1.29 is 4.79 Å². The zero-order valence-corrected chi connectivity index (χ0v) is 15.8. The molecule has 0 saturated carbocycles. The number of aromatic nitrogens is 3. The molecule has 0 unspecified atom stereocenters. The van der Waals surface area contributed by atoms with E-state index in [1.165, 1.54) is 4.88 Å². The Morgan fingerprint density at radius 2 is 2.04 bits per heavy atom. The van der Waals surface area contributed by atoms with Crippen molar-refractivity contribution in [2.45, 2.75) is 20.3 Å². The van der Waals surface area contributed by atoms with E-state index in [2.05, 4.69) is 27.9 Å². The summed E-state index contributed by atoms with van der Waals surface area (Å²) in [5, 5.41) is 1.13. The van der Waals surface area contributed by atoms with E-state index in [-0.39, 0.29) is 5.91 Å². The van der Waals surface area contributed by atoms with Gasteiger partial charge in [0.15, 0.2) is 0 Å². The Morgan fingerprint density at radius 3 is 2.73 bits per heavy atom. The zero-order valence-electron chi connectivity index (χ0n) is 15.0. The quantitative estimate of drug-likeness (QED) is 0.712. The van der Waals surface area contributed by atoms with E-state index in [1.807, 2.05) is 17.9 Å². The summed E-state index contributed by atoms with van der Waals surface area (Å²) in [6, 6.07) is 5.82. The summed E-state index contributed by atoms with van der Waals surface area (Å²) in [6.45, 7) is 7.01. The molecular formula is C19H21N5OS. The van der Waals surface area contributed by atoms with Gasteiger partial charge in [-0.2, -0.15) is 0 Å². The number of rotatable bonds is 3. The second-order valence-corrected chi connectivity index (χ2v) is 7.52. The fraction of sp³-hybridized carbons (Fsp3) is 0.368. The van der Waals surface area contributed by atoms with Crippen LogP contribution >= 0.6 is 11.3 Å². The van der Waals surface area contributed by atoms with Gasteiger partial charge in [0.2, 0.25) is 0 Å². The van der Waals surface area contributed by atoms with Gasteiger partial charge >= 0.3 is 0 Å². The lowest BCUT2D eigenvalue weighted by Crippen LogP contribution is -2.49. The molecule has 1 amide bonds. The summed E-state index contributed by atoms with van der Waals surface area (Å²) in [4.78, 5) is 32.5. The maximum absolute atomic E-state index is 12.6. The second-order valence-electron chi connectivity index (χ2n) is 6.40. The molecule has 4 heterocycles.